The SMILES string of the molecule is CN1CCC(CN(C)C(=O)C(N)c2cnn(C)c2)C1. The fourth-order valence-electron chi connectivity index (χ4n) is 2.63. The molecule has 1 saturated heterocycles. The maximum Gasteiger partial charge on any atom is 0.243 e. The van der Waals surface area contributed by atoms with Crippen molar-refractivity contribution in [2.75, 3.05) is 33.7 Å². The summed E-state index contributed by atoms with van der Waals surface area (Å²) in [5.74, 6) is 0.516. The van der Waals surface area contributed by atoms with Gasteiger partial charge in [0.2, 0.25) is 5.91 Å². The Hall–Kier alpha value is -1.40. The molecule has 0 aliphatic carbocycles. The van der Waals surface area contributed by atoms with Crippen molar-refractivity contribution < 1.29 is 4.79 Å². The largest absolute Gasteiger partial charge is 0.344 e. The number of aromatic nitrogens is 2. The predicted molar refractivity (Wildman–Crippen MR) is 73.4 cm³/mol. The highest BCUT2D eigenvalue weighted by atomic mass is 16.2. The van der Waals surface area contributed by atoms with E-state index in [1.807, 2.05) is 14.1 Å². The Labute approximate surface area is 114 Å². The van der Waals surface area contributed by atoms with Gasteiger partial charge in [0.1, 0.15) is 6.04 Å². The van der Waals surface area contributed by atoms with E-state index in [2.05, 4.69) is 17.0 Å². The predicted octanol–water partition coefficient (Wildman–Crippen LogP) is -0.170. The lowest BCUT2D eigenvalue weighted by Gasteiger charge is -2.23. The van der Waals surface area contributed by atoms with Gasteiger partial charge in [-0.1, -0.05) is 0 Å². The molecule has 2 atom stereocenters. The summed E-state index contributed by atoms with van der Waals surface area (Å²) < 4.78 is 1.66. The highest BCUT2D eigenvalue weighted by Gasteiger charge is 2.26. The summed E-state index contributed by atoms with van der Waals surface area (Å²) in [7, 11) is 5.76. The number of likely N-dealkylation sites (N-methyl/N-ethyl adjacent to an activating group) is 1. The van der Waals surface area contributed by atoms with Gasteiger partial charge in [0.05, 0.1) is 6.20 Å². The quantitative estimate of drug-likeness (QED) is 0.821. The van der Waals surface area contributed by atoms with Gasteiger partial charge in [-0.2, -0.15) is 5.10 Å². The molecule has 1 fully saturated rings. The van der Waals surface area contributed by atoms with Gasteiger partial charge in [0.25, 0.3) is 0 Å². The molecule has 2 unspecified atom stereocenters. The van der Waals surface area contributed by atoms with Crippen LogP contribution in [0.3, 0.4) is 0 Å². The fraction of sp³-hybridized carbons (Fsp3) is 0.692. The third-order valence-corrected chi connectivity index (χ3v) is 3.75. The number of rotatable bonds is 4. The first kappa shape index (κ1) is 14.0. The summed E-state index contributed by atoms with van der Waals surface area (Å²) in [6.45, 7) is 2.94. The van der Waals surface area contributed by atoms with E-state index in [-0.39, 0.29) is 5.91 Å². The standard InChI is InChI=1S/C13H23N5O/c1-16-5-4-10(7-16)8-17(2)13(19)12(14)11-6-15-18(3)9-11/h6,9-10,12H,4-5,7-8,14H2,1-3H3. The Morgan fingerprint density at radius 1 is 1.63 bits per heavy atom. The second-order valence-electron chi connectivity index (χ2n) is 5.56. The van der Waals surface area contributed by atoms with Crippen LogP contribution < -0.4 is 5.73 Å². The van der Waals surface area contributed by atoms with Crippen molar-refractivity contribution in [1.29, 1.82) is 0 Å². The molecular weight excluding hydrogens is 242 g/mol. The van der Waals surface area contributed by atoms with Crippen LogP contribution in [0.4, 0.5) is 0 Å². The molecule has 1 aliphatic rings. The van der Waals surface area contributed by atoms with Gasteiger partial charge in [0, 0.05) is 38.9 Å². The van der Waals surface area contributed by atoms with Gasteiger partial charge in [-0.25, -0.2) is 0 Å². The van der Waals surface area contributed by atoms with Gasteiger partial charge in [-0.05, 0) is 25.9 Å². The first-order valence-electron chi connectivity index (χ1n) is 6.65. The number of aryl methyl sites for hydroxylation is 1. The summed E-state index contributed by atoms with van der Waals surface area (Å²) in [4.78, 5) is 16.3. The average molecular weight is 265 g/mol. The van der Waals surface area contributed by atoms with Crippen LogP contribution in [0.15, 0.2) is 12.4 Å². The van der Waals surface area contributed by atoms with Gasteiger partial charge in [-0.3, -0.25) is 9.48 Å². The molecule has 0 radical (unpaired) electrons. The highest BCUT2D eigenvalue weighted by molar-refractivity contribution is 5.82. The van der Waals surface area contributed by atoms with Crippen molar-refractivity contribution in [2.24, 2.45) is 18.7 Å². The molecule has 19 heavy (non-hydrogen) atoms. The minimum absolute atomic E-state index is 0.0393. The zero-order valence-electron chi connectivity index (χ0n) is 11.9. The second-order valence-corrected chi connectivity index (χ2v) is 5.56. The third kappa shape index (κ3) is 3.33. The first-order valence-corrected chi connectivity index (χ1v) is 6.65. The highest BCUT2D eigenvalue weighted by Crippen LogP contribution is 2.17. The van der Waals surface area contributed by atoms with Gasteiger partial charge in [-0.15, -0.1) is 0 Å². The Balaban J connectivity index is 1.91. The number of nitrogens with two attached hydrogens (primary N) is 1. The Bertz CT molecular complexity index is 444. The monoisotopic (exact) mass is 265 g/mol. The van der Waals surface area contributed by atoms with E-state index in [0.717, 1.165) is 31.6 Å². The Morgan fingerprint density at radius 3 is 2.89 bits per heavy atom. The molecule has 6 nitrogen and oxygen atoms in total. The van der Waals surface area contributed by atoms with Crippen LogP contribution in [0.1, 0.15) is 18.0 Å². The molecule has 1 amide bonds. The number of hydrogen-bond donors (Lipinski definition) is 1. The topological polar surface area (TPSA) is 67.4 Å². The van der Waals surface area contributed by atoms with Crippen LogP contribution in [0.5, 0.6) is 0 Å². The molecule has 0 bridgehead atoms. The van der Waals surface area contributed by atoms with Crippen molar-refractivity contribution in [3.8, 4) is 0 Å². The van der Waals surface area contributed by atoms with Crippen LogP contribution in [-0.4, -0.2) is 59.2 Å². The molecule has 1 aromatic heterocycles. The number of carbonyl (C=O) groups excluding carboxylic acids is 1. The molecule has 0 spiro atoms. The van der Waals surface area contributed by atoms with E-state index in [1.54, 1.807) is 22.0 Å². The average Bonchev–Trinajstić information content (AvgIpc) is 2.96. The number of carbonyl (C=O) groups is 1. The van der Waals surface area contributed by atoms with Crippen LogP contribution in [0.2, 0.25) is 0 Å². The number of nitrogens with zero attached hydrogens (tertiary/aromatic N) is 4. The van der Waals surface area contributed by atoms with Crippen molar-refractivity contribution in [3.05, 3.63) is 18.0 Å². The zero-order chi connectivity index (χ0) is 14.0. The van der Waals surface area contributed by atoms with E-state index in [0.29, 0.717) is 5.92 Å². The first-order chi connectivity index (χ1) is 8.97. The van der Waals surface area contributed by atoms with Crippen molar-refractivity contribution in [1.82, 2.24) is 19.6 Å². The van der Waals surface area contributed by atoms with E-state index >= 15 is 0 Å². The maximum absolute atomic E-state index is 12.3. The smallest absolute Gasteiger partial charge is 0.243 e. The minimum Gasteiger partial charge on any atom is -0.344 e. The van der Waals surface area contributed by atoms with Crippen molar-refractivity contribution in [2.45, 2.75) is 12.5 Å². The normalized spacial score (nSPS) is 21.6. The lowest BCUT2D eigenvalue weighted by atomic mass is 10.1. The summed E-state index contributed by atoms with van der Waals surface area (Å²) in [6, 6.07) is -0.613. The van der Waals surface area contributed by atoms with E-state index in [4.69, 9.17) is 5.73 Å². The lowest BCUT2D eigenvalue weighted by Crippen LogP contribution is -2.39. The van der Waals surface area contributed by atoms with Gasteiger partial charge in [0.15, 0.2) is 0 Å². The van der Waals surface area contributed by atoms with Crippen LogP contribution in [0, 0.1) is 5.92 Å². The van der Waals surface area contributed by atoms with E-state index < -0.39 is 6.04 Å². The summed E-state index contributed by atoms with van der Waals surface area (Å²) in [5.41, 5.74) is 6.77. The molecule has 2 N–H and O–H groups in total. The molecule has 1 aliphatic heterocycles. The van der Waals surface area contributed by atoms with Crippen LogP contribution >= 0.6 is 0 Å². The van der Waals surface area contributed by atoms with Crippen LogP contribution in [-0.2, 0) is 11.8 Å². The lowest BCUT2D eigenvalue weighted by molar-refractivity contribution is -0.131. The van der Waals surface area contributed by atoms with Crippen molar-refractivity contribution in [3.63, 3.8) is 0 Å². The molecule has 0 aromatic carbocycles. The summed E-state index contributed by atoms with van der Waals surface area (Å²) in [5, 5.41) is 4.05. The van der Waals surface area contributed by atoms with Gasteiger partial charge >= 0.3 is 0 Å². The second kappa shape index (κ2) is 5.71. The molecule has 0 saturated carbocycles. The van der Waals surface area contributed by atoms with Crippen molar-refractivity contribution >= 4 is 5.91 Å². The number of hydrogen-bond acceptors (Lipinski definition) is 4. The summed E-state index contributed by atoms with van der Waals surface area (Å²) >= 11 is 0. The number of amides is 1. The number of likely N-dealkylation sites (tertiary alicyclic amines) is 1. The van der Waals surface area contributed by atoms with Gasteiger partial charge < -0.3 is 15.5 Å². The minimum atomic E-state index is -0.613. The maximum atomic E-state index is 12.3. The Kier molecular flexibility index (Phi) is 4.21. The summed E-state index contributed by atoms with van der Waals surface area (Å²) in [6.07, 6.45) is 4.59. The van der Waals surface area contributed by atoms with Crippen LogP contribution in [0.25, 0.3) is 0 Å². The Morgan fingerprint density at radius 2 is 2.37 bits per heavy atom. The third-order valence-electron chi connectivity index (χ3n) is 3.75. The fourth-order valence-corrected chi connectivity index (χ4v) is 2.63. The molecule has 2 heterocycles. The van der Waals surface area contributed by atoms with E-state index in [9.17, 15) is 4.79 Å². The molecule has 1 aromatic rings. The molecule has 2 rings (SSSR count). The molecular formula is C13H23N5O. The van der Waals surface area contributed by atoms with E-state index in [1.165, 1.54) is 0 Å². The zero-order valence-corrected chi connectivity index (χ0v) is 11.9. The molecule has 6 heteroatoms. The molecule has 106 valence electrons.